The maximum absolute atomic E-state index is 5.59. The average molecular weight is 252 g/mol. The molecule has 0 atom stereocenters. The normalized spacial score (nSPS) is 11.4. The van der Waals surface area contributed by atoms with Crippen LogP contribution in [0, 0.1) is 0 Å². The Morgan fingerprint density at radius 3 is 2.39 bits per heavy atom. The maximum Gasteiger partial charge on any atom is 0.161 e. The first-order valence-electron chi connectivity index (χ1n) is 6.18. The van der Waals surface area contributed by atoms with Crippen molar-refractivity contribution in [3.8, 4) is 11.5 Å². The van der Waals surface area contributed by atoms with Crippen LogP contribution in [0.5, 0.6) is 11.5 Å². The third kappa shape index (κ3) is 4.20. The van der Waals surface area contributed by atoms with Crippen molar-refractivity contribution in [1.82, 2.24) is 5.32 Å². The van der Waals surface area contributed by atoms with Gasteiger partial charge in [-0.2, -0.15) is 0 Å². The lowest BCUT2D eigenvalue weighted by molar-refractivity contribution is 0.351. The highest BCUT2D eigenvalue weighted by atomic mass is 16.5. The van der Waals surface area contributed by atoms with E-state index in [1.54, 1.807) is 14.2 Å². The van der Waals surface area contributed by atoms with Gasteiger partial charge in [-0.25, -0.2) is 0 Å². The van der Waals surface area contributed by atoms with E-state index in [4.69, 9.17) is 15.2 Å². The summed E-state index contributed by atoms with van der Waals surface area (Å²) in [6.45, 7) is 5.78. The van der Waals surface area contributed by atoms with Crippen molar-refractivity contribution in [2.75, 3.05) is 20.8 Å². The molecule has 1 aromatic carbocycles. The second-order valence-corrected chi connectivity index (χ2v) is 4.97. The summed E-state index contributed by atoms with van der Waals surface area (Å²) in [7, 11) is 3.29. The van der Waals surface area contributed by atoms with Crippen LogP contribution in [-0.4, -0.2) is 26.3 Å². The van der Waals surface area contributed by atoms with Crippen molar-refractivity contribution in [1.29, 1.82) is 0 Å². The van der Waals surface area contributed by atoms with Crippen LogP contribution < -0.4 is 20.5 Å². The molecule has 0 aromatic heterocycles. The topological polar surface area (TPSA) is 56.5 Å². The van der Waals surface area contributed by atoms with Gasteiger partial charge >= 0.3 is 0 Å². The second kappa shape index (κ2) is 6.61. The molecule has 0 amide bonds. The van der Waals surface area contributed by atoms with Gasteiger partial charge in [0.25, 0.3) is 0 Å². The standard InChI is InChI=1S/C14H24N2O2/c1-14(2,7-8-15)16-10-11-5-6-12(17-3)13(9-11)18-4/h5-6,9,16H,7-8,10,15H2,1-4H3. The summed E-state index contributed by atoms with van der Waals surface area (Å²) >= 11 is 0. The Bertz CT molecular complexity index is 378. The molecule has 0 saturated heterocycles. The van der Waals surface area contributed by atoms with Crippen molar-refractivity contribution in [3.63, 3.8) is 0 Å². The number of rotatable bonds is 7. The Morgan fingerprint density at radius 1 is 1.17 bits per heavy atom. The van der Waals surface area contributed by atoms with Gasteiger partial charge in [-0.15, -0.1) is 0 Å². The largest absolute Gasteiger partial charge is 0.493 e. The smallest absolute Gasteiger partial charge is 0.161 e. The van der Waals surface area contributed by atoms with Crippen LogP contribution in [0.3, 0.4) is 0 Å². The van der Waals surface area contributed by atoms with Crippen LogP contribution in [0.4, 0.5) is 0 Å². The fraction of sp³-hybridized carbons (Fsp3) is 0.571. The van der Waals surface area contributed by atoms with Crippen LogP contribution in [0.15, 0.2) is 18.2 Å². The van der Waals surface area contributed by atoms with E-state index in [1.807, 2.05) is 18.2 Å². The van der Waals surface area contributed by atoms with Gasteiger partial charge in [0.05, 0.1) is 14.2 Å². The number of hydrogen-bond donors (Lipinski definition) is 2. The summed E-state index contributed by atoms with van der Waals surface area (Å²) < 4.78 is 10.5. The predicted molar refractivity (Wildman–Crippen MR) is 74.1 cm³/mol. The van der Waals surface area contributed by atoms with Gasteiger partial charge in [-0.3, -0.25) is 0 Å². The quantitative estimate of drug-likeness (QED) is 0.778. The van der Waals surface area contributed by atoms with Crippen LogP contribution in [0.1, 0.15) is 25.8 Å². The van der Waals surface area contributed by atoms with Gasteiger partial charge in [-0.1, -0.05) is 6.07 Å². The summed E-state index contributed by atoms with van der Waals surface area (Å²) in [6.07, 6.45) is 0.945. The van der Waals surface area contributed by atoms with E-state index < -0.39 is 0 Å². The van der Waals surface area contributed by atoms with Gasteiger partial charge in [0.15, 0.2) is 11.5 Å². The van der Waals surface area contributed by atoms with E-state index >= 15 is 0 Å². The van der Waals surface area contributed by atoms with Crippen LogP contribution in [0.2, 0.25) is 0 Å². The third-order valence-corrected chi connectivity index (χ3v) is 2.99. The molecule has 0 heterocycles. The lowest BCUT2D eigenvalue weighted by atomic mass is 10.0. The molecule has 4 nitrogen and oxygen atoms in total. The number of nitrogens with two attached hydrogens (primary N) is 1. The minimum atomic E-state index is 0.0436. The Hall–Kier alpha value is -1.26. The SMILES string of the molecule is COc1ccc(CNC(C)(C)CCN)cc1OC. The number of hydrogen-bond acceptors (Lipinski definition) is 4. The molecule has 0 radical (unpaired) electrons. The van der Waals surface area contributed by atoms with Gasteiger partial charge in [-0.05, 0) is 44.5 Å². The molecule has 0 aliphatic carbocycles. The van der Waals surface area contributed by atoms with E-state index in [1.165, 1.54) is 0 Å². The molecule has 1 rings (SSSR count). The maximum atomic E-state index is 5.59. The Morgan fingerprint density at radius 2 is 1.83 bits per heavy atom. The Labute approximate surface area is 109 Å². The molecule has 1 aromatic rings. The van der Waals surface area contributed by atoms with Gasteiger partial charge in [0, 0.05) is 12.1 Å². The molecule has 0 unspecified atom stereocenters. The molecule has 0 fully saturated rings. The fourth-order valence-corrected chi connectivity index (χ4v) is 1.78. The molecule has 0 bridgehead atoms. The predicted octanol–water partition coefficient (Wildman–Crippen LogP) is 1.92. The zero-order valence-corrected chi connectivity index (χ0v) is 11.7. The lowest BCUT2D eigenvalue weighted by Gasteiger charge is -2.26. The van der Waals surface area contributed by atoms with Crippen LogP contribution in [0.25, 0.3) is 0 Å². The highest BCUT2D eigenvalue weighted by Gasteiger charge is 2.15. The van der Waals surface area contributed by atoms with Crippen molar-refractivity contribution in [3.05, 3.63) is 23.8 Å². The van der Waals surface area contributed by atoms with E-state index in [2.05, 4.69) is 19.2 Å². The molecule has 3 N–H and O–H groups in total. The molecule has 18 heavy (non-hydrogen) atoms. The summed E-state index contributed by atoms with van der Waals surface area (Å²) in [5, 5.41) is 3.49. The van der Waals surface area contributed by atoms with Crippen LogP contribution in [-0.2, 0) is 6.54 Å². The van der Waals surface area contributed by atoms with Crippen molar-refractivity contribution in [2.45, 2.75) is 32.4 Å². The molecular formula is C14H24N2O2. The van der Waals surface area contributed by atoms with E-state index in [9.17, 15) is 0 Å². The zero-order valence-electron chi connectivity index (χ0n) is 11.7. The summed E-state index contributed by atoms with van der Waals surface area (Å²) in [5.41, 5.74) is 6.80. The molecule has 0 aliphatic rings. The number of benzene rings is 1. The van der Waals surface area contributed by atoms with Crippen molar-refractivity contribution < 1.29 is 9.47 Å². The van der Waals surface area contributed by atoms with Gasteiger partial charge in [0.2, 0.25) is 0 Å². The van der Waals surface area contributed by atoms with Crippen molar-refractivity contribution in [2.24, 2.45) is 5.73 Å². The average Bonchev–Trinajstić information content (AvgIpc) is 2.36. The fourth-order valence-electron chi connectivity index (χ4n) is 1.78. The summed E-state index contributed by atoms with van der Waals surface area (Å²) in [6, 6.07) is 5.95. The highest BCUT2D eigenvalue weighted by molar-refractivity contribution is 5.42. The molecule has 4 heteroatoms. The summed E-state index contributed by atoms with van der Waals surface area (Å²) in [5.74, 6) is 1.51. The van der Waals surface area contributed by atoms with E-state index in [0.717, 1.165) is 30.0 Å². The van der Waals surface area contributed by atoms with Crippen LogP contribution >= 0.6 is 0 Å². The highest BCUT2D eigenvalue weighted by Crippen LogP contribution is 2.27. The molecule has 0 spiro atoms. The number of nitrogens with one attached hydrogen (secondary N) is 1. The first kappa shape index (κ1) is 14.8. The lowest BCUT2D eigenvalue weighted by Crippen LogP contribution is -2.40. The minimum absolute atomic E-state index is 0.0436. The zero-order chi connectivity index (χ0) is 13.6. The number of methoxy groups -OCH3 is 2. The Kier molecular flexibility index (Phi) is 5.44. The minimum Gasteiger partial charge on any atom is -0.493 e. The molecule has 0 aliphatic heterocycles. The van der Waals surface area contributed by atoms with E-state index in [0.29, 0.717) is 6.54 Å². The first-order chi connectivity index (χ1) is 8.52. The van der Waals surface area contributed by atoms with Gasteiger partial charge in [0.1, 0.15) is 0 Å². The third-order valence-electron chi connectivity index (χ3n) is 2.99. The second-order valence-electron chi connectivity index (χ2n) is 4.97. The van der Waals surface area contributed by atoms with E-state index in [-0.39, 0.29) is 5.54 Å². The monoisotopic (exact) mass is 252 g/mol. The van der Waals surface area contributed by atoms with Gasteiger partial charge < -0.3 is 20.5 Å². The first-order valence-corrected chi connectivity index (χ1v) is 6.18. The Balaban J connectivity index is 2.68. The summed E-state index contributed by atoms with van der Waals surface area (Å²) in [4.78, 5) is 0. The number of ether oxygens (including phenoxy) is 2. The molecular weight excluding hydrogens is 228 g/mol. The van der Waals surface area contributed by atoms with Crippen molar-refractivity contribution >= 4 is 0 Å². The molecule has 0 saturated carbocycles. The molecule has 102 valence electrons.